The van der Waals surface area contributed by atoms with E-state index < -0.39 is 11.9 Å². The fraction of sp³-hybridized carbons (Fsp3) is 0.0833. The average molecular weight is 494 g/mol. The molecule has 3 rings (SSSR count). The van der Waals surface area contributed by atoms with Crippen LogP contribution in [0.25, 0.3) is 0 Å². The minimum atomic E-state index is -0.509. The second kappa shape index (κ2) is 11.0. The summed E-state index contributed by atoms with van der Waals surface area (Å²) in [6, 6.07) is 20.7. The van der Waals surface area contributed by atoms with E-state index in [0.29, 0.717) is 16.7 Å². The molecular formula is C24H20BrN3O4. The molecule has 32 heavy (non-hydrogen) atoms. The molecule has 0 heterocycles. The third-order valence-electron chi connectivity index (χ3n) is 4.30. The van der Waals surface area contributed by atoms with Crippen molar-refractivity contribution in [2.24, 2.45) is 5.10 Å². The summed E-state index contributed by atoms with van der Waals surface area (Å²) in [5.41, 5.74) is 4.73. The molecule has 0 radical (unpaired) electrons. The molecule has 3 aromatic rings. The van der Waals surface area contributed by atoms with Crippen molar-refractivity contribution in [1.29, 1.82) is 0 Å². The molecule has 2 amide bonds. The molecule has 0 aromatic heterocycles. The smallest absolute Gasteiger partial charge is 0.343 e. The van der Waals surface area contributed by atoms with E-state index in [9.17, 15) is 14.4 Å². The number of hydrogen-bond donors (Lipinski definition) is 2. The lowest BCUT2D eigenvalue weighted by atomic mass is 10.1. The first-order valence-corrected chi connectivity index (χ1v) is 10.5. The number of ether oxygens (including phenoxy) is 1. The Labute approximate surface area is 193 Å². The van der Waals surface area contributed by atoms with Gasteiger partial charge >= 0.3 is 5.97 Å². The Kier molecular flexibility index (Phi) is 7.88. The summed E-state index contributed by atoms with van der Waals surface area (Å²) in [4.78, 5) is 36.4. The maximum Gasteiger partial charge on any atom is 0.343 e. The Balaban J connectivity index is 1.57. The van der Waals surface area contributed by atoms with E-state index >= 15 is 0 Å². The number of amides is 2. The molecular weight excluding hydrogens is 474 g/mol. The summed E-state index contributed by atoms with van der Waals surface area (Å²) in [5, 5.41) is 6.43. The topological polar surface area (TPSA) is 96.9 Å². The highest BCUT2D eigenvalue weighted by Crippen LogP contribution is 2.22. The standard InChI is InChI=1S/C24H20BrN3O4/c1-16-7-9-17(10-8-16)23(30)26-15-22(29)28-27-14-19-13-20(25)11-12-21(19)32-24(31)18-5-3-2-4-6-18/h2-14H,15H2,1H3,(H,26,30)(H,28,29). The fourth-order valence-electron chi connectivity index (χ4n) is 2.63. The van der Waals surface area contributed by atoms with Crippen molar-refractivity contribution < 1.29 is 19.1 Å². The first-order chi connectivity index (χ1) is 15.4. The highest BCUT2D eigenvalue weighted by atomic mass is 79.9. The molecule has 0 aliphatic heterocycles. The van der Waals surface area contributed by atoms with Crippen LogP contribution in [0.5, 0.6) is 5.75 Å². The molecule has 0 aliphatic rings. The number of nitrogens with zero attached hydrogens (tertiary/aromatic N) is 1. The zero-order valence-electron chi connectivity index (χ0n) is 17.2. The van der Waals surface area contributed by atoms with Crippen molar-refractivity contribution in [2.45, 2.75) is 6.92 Å². The second-order valence-corrected chi connectivity index (χ2v) is 7.70. The van der Waals surface area contributed by atoms with Crippen molar-refractivity contribution in [3.05, 3.63) is 99.5 Å². The van der Waals surface area contributed by atoms with E-state index in [2.05, 4.69) is 31.8 Å². The normalized spacial score (nSPS) is 10.6. The fourth-order valence-corrected chi connectivity index (χ4v) is 3.01. The van der Waals surface area contributed by atoms with Crippen LogP contribution in [0.15, 0.2) is 82.4 Å². The summed E-state index contributed by atoms with van der Waals surface area (Å²) in [6.07, 6.45) is 1.36. The van der Waals surface area contributed by atoms with Gasteiger partial charge in [0.1, 0.15) is 5.75 Å². The Morgan fingerprint density at radius 3 is 2.41 bits per heavy atom. The molecule has 0 unspecified atom stereocenters. The summed E-state index contributed by atoms with van der Waals surface area (Å²) in [6.45, 7) is 1.69. The van der Waals surface area contributed by atoms with Crippen molar-refractivity contribution in [1.82, 2.24) is 10.7 Å². The molecule has 7 nitrogen and oxygen atoms in total. The lowest BCUT2D eigenvalue weighted by Gasteiger charge is -2.08. The minimum absolute atomic E-state index is 0.238. The van der Waals surface area contributed by atoms with Gasteiger partial charge in [0.25, 0.3) is 11.8 Å². The zero-order valence-corrected chi connectivity index (χ0v) is 18.8. The van der Waals surface area contributed by atoms with E-state index in [1.807, 2.05) is 19.1 Å². The van der Waals surface area contributed by atoms with Crippen molar-refractivity contribution >= 4 is 39.9 Å². The molecule has 162 valence electrons. The number of carbonyl (C=O) groups is 3. The van der Waals surface area contributed by atoms with Gasteiger partial charge in [0, 0.05) is 15.6 Å². The molecule has 0 bridgehead atoms. The van der Waals surface area contributed by atoms with Gasteiger partial charge in [0.2, 0.25) is 0 Å². The minimum Gasteiger partial charge on any atom is -0.422 e. The van der Waals surface area contributed by atoms with Crippen molar-refractivity contribution in [2.75, 3.05) is 6.54 Å². The number of esters is 1. The number of halogens is 1. The van der Waals surface area contributed by atoms with Crippen LogP contribution < -0.4 is 15.5 Å². The van der Waals surface area contributed by atoms with E-state index in [1.54, 1.807) is 60.7 Å². The number of hydrogen-bond acceptors (Lipinski definition) is 5. The molecule has 0 spiro atoms. The van der Waals surface area contributed by atoms with Crippen LogP contribution in [-0.2, 0) is 4.79 Å². The number of hydrazone groups is 1. The Morgan fingerprint density at radius 1 is 0.969 bits per heavy atom. The third-order valence-corrected chi connectivity index (χ3v) is 4.79. The summed E-state index contributed by atoms with van der Waals surface area (Å²) in [5.74, 6) is -1.08. The number of carbonyl (C=O) groups excluding carboxylic acids is 3. The summed E-state index contributed by atoms with van der Waals surface area (Å²) in [7, 11) is 0. The first kappa shape index (κ1) is 22.9. The van der Waals surface area contributed by atoms with Crippen molar-refractivity contribution in [3.8, 4) is 5.75 Å². The van der Waals surface area contributed by atoms with E-state index in [0.717, 1.165) is 10.0 Å². The van der Waals surface area contributed by atoms with Crippen LogP contribution in [0, 0.1) is 6.92 Å². The van der Waals surface area contributed by atoms with Crippen LogP contribution in [0.4, 0.5) is 0 Å². The summed E-state index contributed by atoms with van der Waals surface area (Å²) >= 11 is 3.36. The molecule has 0 fully saturated rings. The highest BCUT2D eigenvalue weighted by molar-refractivity contribution is 9.10. The maximum atomic E-state index is 12.3. The van der Waals surface area contributed by atoms with Gasteiger partial charge in [0.05, 0.1) is 18.3 Å². The lowest BCUT2D eigenvalue weighted by molar-refractivity contribution is -0.120. The van der Waals surface area contributed by atoms with E-state index in [1.165, 1.54) is 6.21 Å². The summed E-state index contributed by atoms with van der Waals surface area (Å²) < 4.78 is 6.21. The van der Waals surface area contributed by atoms with Crippen LogP contribution in [0.1, 0.15) is 31.8 Å². The average Bonchev–Trinajstić information content (AvgIpc) is 2.80. The van der Waals surface area contributed by atoms with Crippen LogP contribution >= 0.6 is 15.9 Å². The number of nitrogens with one attached hydrogen (secondary N) is 2. The molecule has 0 atom stereocenters. The van der Waals surface area contributed by atoms with Gasteiger partial charge in [-0.1, -0.05) is 51.8 Å². The quantitative estimate of drug-likeness (QED) is 0.226. The zero-order chi connectivity index (χ0) is 22.9. The molecule has 3 aromatic carbocycles. The van der Waals surface area contributed by atoms with E-state index in [4.69, 9.17) is 4.74 Å². The monoisotopic (exact) mass is 493 g/mol. The SMILES string of the molecule is Cc1ccc(C(=O)NCC(=O)NN=Cc2cc(Br)ccc2OC(=O)c2ccccc2)cc1. The Bertz CT molecular complexity index is 1150. The Hall–Kier alpha value is -3.78. The van der Waals surface area contributed by atoms with Gasteiger partial charge < -0.3 is 10.1 Å². The predicted molar refractivity (Wildman–Crippen MR) is 125 cm³/mol. The van der Waals surface area contributed by atoms with Crippen LogP contribution in [0.3, 0.4) is 0 Å². The number of aryl methyl sites for hydroxylation is 1. The highest BCUT2D eigenvalue weighted by Gasteiger charge is 2.11. The van der Waals surface area contributed by atoms with Gasteiger partial charge in [-0.3, -0.25) is 9.59 Å². The van der Waals surface area contributed by atoms with Crippen LogP contribution in [-0.4, -0.2) is 30.5 Å². The first-order valence-electron chi connectivity index (χ1n) is 9.66. The largest absolute Gasteiger partial charge is 0.422 e. The van der Waals surface area contributed by atoms with Gasteiger partial charge in [-0.25, -0.2) is 10.2 Å². The van der Waals surface area contributed by atoms with E-state index in [-0.39, 0.29) is 18.2 Å². The molecule has 0 saturated carbocycles. The molecule has 2 N–H and O–H groups in total. The van der Waals surface area contributed by atoms with Gasteiger partial charge in [0.15, 0.2) is 0 Å². The Morgan fingerprint density at radius 2 is 1.69 bits per heavy atom. The maximum absolute atomic E-state index is 12.3. The second-order valence-electron chi connectivity index (χ2n) is 6.78. The molecule has 0 saturated heterocycles. The van der Waals surface area contributed by atoms with Gasteiger partial charge in [-0.05, 0) is 49.4 Å². The lowest BCUT2D eigenvalue weighted by Crippen LogP contribution is -2.34. The molecule has 8 heteroatoms. The number of benzene rings is 3. The molecule has 0 aliphatic carbocycles. The van der Waals surface area contributed by atoms with Crippen LogP contribution in [0.2, 0.25) is 0 Å². The van der Waals surface area contributed by atoms with Crippen molar-refractivity contribution in [3.63, 3.8) is 0 Å². The van der Waals surface area contributed by atoms with Gasteiger partial charge in [-0.2, -0.15) is 5.10 Å². The predicted octanol–water partition coefficient (Wildman–Crippen LogP) is 3.86. The van der Waals surface area contributed by atoms with Gasteiger partial charge in [-0.15, -0.1) is 0 Å². The third kappa shape index (κ3) is 6.61. The number of rotatable bonds is 7.